The lowest BCUT2D eigenvalue weighted by molar-refractivity contribution is 0.0696. The fourth-order valence-corrected chi connectivity index (χ4v) is 4.53. The predicted octanol–water partition coefficient (Wildman–Crippen LogP) is 4.76. The Hall–Kier alpha value is -4.60. The lowest BCUT2D eigenvalue weighted by atomic mass is 10.0. The number of rotatable bonds is 8. The van der Waals surface area contributed by atoms with Gasteiger partial charge in [-0.05, 0) is 61.6 Å². The number of methoxy groups -OCH3 is 1. The number of amides is 1. The molecule has 2 aromatic heterocycles. The number of aromatic nitrogens is 3. The first-order valence-electron chi connectivity index (χ1n) is 12.0. The van der Waals surface area contributed by atoms with Gasteiger partial charge in [0.05, 0.1) is 23.7 Å². The molecule has 1 amide bonds. The number of anilines is 2. The minimum absolute atomic E-state index is 0.0597. The van der Waals surface area contributed by atoms with Crippen LogP contribution in [-0.2, 0) is 0 Å². The average molecular weight is 502 g/mol. The van der Waals surface area contributed by atoms with Crippen molar-refractivity contribution in [3.63, 3.8) is 0 Å². The molecular formula is C27H27N5O5. The van der Waals surface area contributed by atoms with Crippen molar-refractivity contribution in [2.24, 2.45) is 0 Å². The van der Waals surface area contributed by atoms with Crippen molar-refractivity contribution in [2.75, 3.05) is 19.5 Å². The van der Waals surface area contributed by atoms with Crippen LogP contribution in [0.1, 0.15) is 46.4 Å². The molecule has 5 rings (SSSR count). The maximum absolute atomic E-state index is 12.0. The number of fused-ring (bicyclic) bond motifs is 1. The number of nitrogens with one attached hydrogen (secondary N) is 3. The number of aromatic amines is 1. The molecule has 2 heterocycles. The van der Waals surface area contributed by atoms with E-state index in [4.69, 9.17) is 14.5 Å². The number of carboxylic acid groups (broad SMARTS) is 1. The van der Waals surface area contributed by atoms with Crippen LogP contribution in [0, 0.1) is 0 Å². The van der Waals surface area contributed by atoms with Gasteiger partial charge in [0, 0.05) is 24.4 Å². The molecule has 4 aromatic rings. The molecule has 10 nitrogen and oxygen atoms in total. The summed E-state index contributed by atoms with van der Waals surface area (Å²) in [4.78, 5) is 35.9. The van der Waals surface area contributed by atoms with E-state index in [-0.39, 0.29) is 17.6 Å². The molecule has 10 heteroatoms. The summed E-state index contributed by atoms with van der Waals surface area (Å²) in [5.41, 5.74) is 3.49. The monoisotopic (exact) mass is 501 g/mol. The van der Waals surface area contributed by atoms with Crippen LogP contribution in [0.25, 0.3) is 22.2 Å². The molecule has 0 spiro atoms. The smallest absolute Gasteiger partial charge is 0.335 e. The number of ether oxygens (including phenoxy) is 2. The highest BCUT2D eigenvalue weighted by molar-refractivity contribution is 5.99. The minimum Gasteiger partial charge on any atom is -0.495 e. The van der Waals surface area contributed by atoms with Gasteiger partial charge in [0.25, 0.3) is 5.91 Å². The van der Waals surface area contributed by atoms with Gasteiger partial charge in [0.15, 0.2) is 0 Å². The zero-order chi connectivity index (χ0) is 25.9. The van der Waals surface area contributed by atoms with Crippen molar-refractivity contribution >= 4 is 34.5 Å². The number of H-pyrrole nitrogens is 1. The Morgan fingerprint density at radius 1 is 1.05 bits per heavy atom. The topological polar surface area (TPSA) is 138 Å². The Morgan fingerprint density at radius 2 is 1.78 bits per heavy atom. The van der Waals surface area contributed by atoms with Crippen molar-refractivity contribution < 1.29 is 24.2 Å². The van der Waals surface area contributed by atoms with Gasteiger partial charge in [-0.2, -0.15) is 9.97 Å². The van der Waals surface area contributed by atoms with Crippen molar-refractivity contribution in [1.82, 2.24) is 20.3 Å². The molecule has 0 atom stereocenters. The van der Waals surface area contributed by atoms with Crippen molar-refractivity contribution in [2.45, 2.75) is 31.8 Å². The predicted molar refractivity (Wildman–Crippen MR) is 139 cm³/mol. The quantitative estimate of drug-likeness (QED) is 0.271. The summed E-state index contributed by atoms with van der Waals surface area (Å²) in [6.45, 7) is 0. The number of benzene rings is 2. The highest BCUT2D eigenvalue weighted by Gasteiger charge is 2.23. The summed E-state index contributed by atoms with van der Waals surface area (Å²) in [5.74, 6) is 0.0208. The number of carboxylic acids is 1. The molecule has 2 aromatic carbocycles. The van der Waals surface area contributed by atoms with Crippen molar-refractivity contribution in [3.05, 3.63) is 59.8 Å². The molecule has 0 unspecified atom stereocenters. The highest BCUT2D eigenvalue weighted by Crippen LogP contribution is 2.37. The maximum atomic E-state index is 12.0. The molecule has 0 saturated heterocycles. The molecule has 0 aliphatic heterocycles. The Balaban J connectivity index is 1.55. The molecule has 1 aliphatic rings. The molecule has 1 aliphatic carbocycles. The second-order valence-corrected chi connectivity index (χ2v) is 8.80. The van der Waals surface area contributed by atoms with E-state index in [1.807, 2.05) is 6.20 Å². The normalized spacial score (nSPS) is 13.5. The van der Waals surface area contributed by atoms with Crippen molar-refractivity contribution in [1.29, 1.82) is 0 Å². The average Bonchev–Trinajstić information content (AvgIpc) is 3.58. The third kappa shape index (κ3) is 4.90. The van der Waals surface area contributed by atoms with Gasteiger partial charge in [-0.25, -0.2) is 4.79 Å². The fraction of sp³-hybridized carbons (Fsp3) is 0.259. The van der Waals surface area contributed by atoms with Crippen LogP contribution in [-0.4, -0.2) is 52.2 Å². The van der Waals surface area contributed by atoms with Crippen LogP contribution >= 0.6 is 0 Å². The van der Waals surface area contributed by atoms with E-state index in [0.29, 0.717) is 34.5 Å². The number of hydrogen-bond donors (Lipinski definition) is 4. The highest BCUT2D eigenvalue weighted by atomic mass is 16.5. The number of carbonyl (C=O) groups excluding carboxylic acids is 1. The van der Waals surface area contributed by atoms with Gasteiger partial charge in [-0.3, -0.25) is 4.79 Å². The van der Waals surface area contributed by atoms with Crippen LogP contribution < -0.4 is 20.1 Å². The Labute approximate surface area is 213 Å². The van der Waals surface area contributed by atoms with Crippen LogP contribution in [0.3, 0.4) is 0 Å². The van der Waals surface area contributed by atoms with Gasteiger partial charge in [-0.15, -0.1) is 0 Å². The lowest BCUT2D eigenvalue weighted by Gasteiger charge is -2.16. The second kappa shape index (κ2) is 10.2. The van der Waals surface area contributed by atoms with E-state index in [1.54, 1.807) is 49.5 Å². The lowest BCUT2D eigenvalue weighted by Crippen LogP contribution is -2.17. The molecule has 190 valence electrons. The zero-order valence-electron chi connectivity index (χ0n) is 20.5. The summed E-state index contributed by atoms with van der Waals surface area (Å²) in [6, 6.07) is 11.7. The molecule has 0 radical (unpaired) electrons. The third-order valence-electron chi connectivity index (χ3n) is 6.46. The largest absolute Gasteiger partial charge is 0.495 e. The Kier molecular flexibility index (Phi) is 6.63. The van der Waals surface area contributed by atoms with E-state index in [2.05, 4.69) is 20.6 Å². The molecule has 4 N–H and O–H groups in total. The zero-order valence-corrected chi connectivity index (χ0v) is 20.5. The van der Waals surface area contributed by atoms with Crippen molar-refractivity contribution in [3.8, 4) is 22.8 Å². The van der Waals surface area contributed by atoms with Gasteiger partial charge in [-0.1, -0.05) is 12.1 Å². The third-order valence-corrected chi connectivity index (χ3v) is 6.46. The second-order valence-electron chi connectivity index (χ2n) is 8.80. The molecule has 0 bridgehead atoms. The Bertz CT molecular complexity index is 1460. The number of hydrogen-bond acceptors (Lipinski definition) is 7. The van der Waals surface area contributed by atoms with E-state index in [9.17, 15) is 14.7 Å². The van der Waals surface area contributed by atoms with E-state index in [1.165, 1.54) is 7.11 Å². The molecule has 37 heavy (non-hydrogen) atoms. The summed E-state index contributed by atoms with van der Waals surface area (Å²) in [5, 5.41) is 15.8. The maximum Gasteiger partial charge on any atom is 0.335 e. The summed E-state index contributed by atoms with van der Waals surface area (Å²) >= 11 is 0. The van der Waals surface area contributed by atoms with Gasteiger partial charge >= 0.3 is 5.97 Å². The van der Waals surface area contributed by atoms with Gasteiger partial charge in [0.1, 0.15) is 17.5 Å². The number of nitrogens with zero attached hydrogens (tertiary/aromatic N) is 2. The van der Waals surface area contributed by atoms with Gasteiger partial charge < -0.3 is 30.2 Å². The minimum atomic E-state index is -0.978. The summed E-state index contributed by atoms with van der Waals surface area (Å²) in [6.07, 6.45) is 6.00. The SMILES string of the molecule is CNC(=O)c1ccc(Nc2nc(OC3CCCC3)c3c(-c4ccc(C(=O)O)cc4)c[nH]c3n2)c(OC)c1. The first-order valence-corrected chi connectivity index (χ1v) is 12.0. The fourth-order valence-electron chi connectivity index (χ4n) is 4.53. The van der Waals surface area contributed by atoms with Crippen LogP contribution in [0.15, 0.2) is 48.7 Å². The number of aromatic carboxylic acids is 1. The summed E-state index contributed by atoms with van der Waals surface area (Å²) < 4.78 is 11.9. The van der Waals surface area contributed by atoms with E-state index in [0.717, 1.165) is 42.2 Å². The van der Waals surface area contributed by atoms with Crippen LogP contribution in [0.2, 0.25) is 0 Å². The van der Waals surface area contributed by atoms with E-state index < -0.39 is 5.97 Å². The van der Waals surface area contributed by atoms with Gasteiger partial charge in [0.2, 0.25) is 11.8 Å². The molecular weight excluding hydrogens is 474 g/mol. The Morgan fingerprint density at radius 3 is 2.46 bits per heavy atom. The first-order chi connectivity index (χ1) is 18.0. The molecule has 1 saturated carbocycles. The first kappa shape index (κ1) is 24.1. The molecule has 1 fully saturated rings. The van der Waals surface area contributed by atoms with Crippen LogP contribution in [0.4, 0.5) is 11.6 Å². The van der Waals surface area contributed by atoms with Crippen LogP contribution in [0.5, 0.6) is 11.6 Å². The van der Waals surface area contributed by atoms with E-state index >= 15 is 0 Å². The standard InChI is InChI=1S/C27H27N5O5/c1-28-24(33)17-11-12-20(21(13-17)36-2)30-27-31-23-22(25(32-27)37-18-5-3-4-6-18)19(14-29-23)15-7-9-16(10-8-15)26(34)35/h7-14,18H,3-6H2,1-2H3,(H,28,33)(H,34,35)(H2,29,30,31,32). The number of carbonyl (C=O) groups is 2. The summed E-state index contributed by atoms with van der Waals surface area (Å²) in [7, 11) is 3.10.